The lowest BCUT2D eigenvalue weighted by Gasteiger charge is -2.26. The van der Waals surface area contributed by atoms with Crippen molar-refractivity contribution >= 4 is 0 Å². The fourth-order valence-corrected chi connectivity index (χ4v) is 2.63. The Kier molecular flexibility index (Phi) is 4.00. The molecule has 2 rings (SSSR count). The smallest absolute Gasteiger partial charge is 0.0323 e. The number of rotatable bonds is 3. The summed E-state index contributed by atoms with van der Waals surface area (Å²) < 4.78 is 0. The van der Waals surface area contributed by atoms with Crippen molar-refractivity contribution in [2.75, 3.05) is 6.54 Å². The maximum atomic E-state index is 3.66. The molecule has 1 aliphatic rings. The van der Waals surface area contributed by atoms with Gasteiger partial charge in [0.2, 0.25) is 0 Å². The van der Waals surface area contributed by atoms with E-state index >= 15 is 0 Å². The van der Waals surface area contributed by atoms with Crippen molar-refractivity contribution in [2.45, 2.75) is 52.0 Å². The third-order valence-electron chi connectivity index (χ3n) is 3.69. The molecule has 0 radical (unpaired) electrons. The molecular weight excluding hydrogens is 194 g/mol. The molecule has 1 saturated heterocycles. The van der Waals surface area contributed by atoms with Crippen LogP contribution in [0.3, 0.4) is 0 Å². The van der Waals surface area contributed by atoms with Crippen LogP contribution in [-0.4, -0.2) is 6.54 Å². The number of piperidine rings is 1. The molecule has 1 unspecified atom stereocenters. The number of hydrogen-bond donors (Lipinski definition) is 1. The highest BCUT2D eigenvalue weighted by molar-refractivity contribution is 5.34. The van der Waals surface area contributed by atoms with E-state index in [0.717, 1.165) is 12.8 Å². The van der Waals surface area contributed by atoms with Crippen LogP contribution in [0.5, 0.6) is 0 Å². The van der Waals surface area contributed by atoms with Gasteiger partial charge in [-0.15, -0.1) is 0 Å². The summed E-state index contributed by atoms with van der Waals surface area (Å²) in [7, 11) is 0. The summed E-state index contributed by atoms with van der Waals surface area (Å²) in [5.74, 6) is 0. The molecule has 1 aromatic carbocycles. The first-order chi connectivity index (χ1) is 7.85. The van der Waals surface area contributed by atoms with Crippen LogP contribution in [0.4, 0.5) is 0 Å². The van der Waals surface area contributed by atoms with Gasteiger partial charge in [0.15, 0.2) is 0 Å². The third kappa shape index (κ3) is 2.46. The van der Waals surface area contributed by atoms with E-state index in [9.17, 15) is 0 Å². The van der Waals surface area contributed by atoms with E-state index in [2.05, 4.69) is 37.4 Å². The Morgan fingerprint density at radius 1 is 1.19 bits per heavy atom. The molecular formula is C15H23N. The Balaban J connectivity index is 2.27. The molecule has 0 spiro atoms. The van der Waals surface area contributed by atoms with Gasteiger partial charge < -0.3 is 5.32 Å². The van der Waals surface area contributed by atoms with Crippen molar-refractivity contribution < 1.29 is 0 Å². The lowest BCUT2D eigenvalue weighted by molar-refractivity contribution is 0.410. The Morgan fingerprint density at radius 3 is 2.69 bits per heavy atom. The fraction of sp³-hybridized carbons (Fsp3) is 0.600. The van der Waals surface area contributed by atoms with Crippen LogP contribution >= 0.6 is 0 Å². The number of hydrogen-bond acceptors (Lipinski definition) is 1. The summed E-state index contributed by atoms with van der Waals surface area (Å²) in [5, 5.41) is 3.66. The highest BCUT2D eigenvalue weighted by atomic mass is 14.9. The van der Waals surface area contributed by atoms with Gasteiger partial charge in [0, 0.05) is 6.04 Å². The van der Waals surface area contributed by atoms with Gasteiger partial charge in [0.1, 0.15) is 0 Å². The minimum atomic E-state index is 0.607. The van der Waals surface area contributed by atoms with Crippen LogP contribution in [0.1, 0.15) is 55.8 Å². The molecule has 1 aromatic rings. The van der Waals surface area contributed by atoms with Gasteiger partial charge in [0.25, 0.3) is 0 Å². The predicted octanol–water partition coefficient (Wildman–Crippen LogP) is 3.63. The van der Waals surface area contributed by atoms with Gasteiger partial charge in [-0.1, -0.05) is 38.5 Å². The molecule has 1 heterocycles. The van der Waals surface area contributed by atoms with Crippen molar-refractivity contribution in [3.05, 3.63) is 34.9 Å². The van der Waals surface area contributed by atoms with Gasteiger partial charge in [-0.25, -0.2) is 0 Å². The average Bonchev–Trinajstić information content (AvgIpc) is 2.39. The average molecular weight is 217 g/mol. The van der Waals surface area contributed by atoms with Gasteiger partial charge in [0.05, 0.1) is 0 Å². The van der Waals surface area contributed by atoms with E-state index in [1.54, 1.807) is 5.56 Å². The second-order valence-electron chi connectivity index (χ2n) is 4.74. The van der Waals surface area contributed by atoms with Crippen molar-refractivity contribution in [1.82, 2.24) is 5.32 Å². The molecule has 0 aliphatic carbocycles. The number of benzene rings is 1. The third-order valence-corrected chi connectivity index (χ3v) is 3.69. The molecule has 1 fully saturated rings. The SMILES string of the molecule is CCc1ccc(CC)c(C2CCCCN2)c1. The zero-order chi connectivity index (χ0) is 11.4. The number of aryl methyl sites for hydroxylation is 2. The van der Waals surface area contributed by atoms with Gasteiger partial charge in [-0.05, 0) is 48.9 Å². The Bertz CT molecular complexity index is 337. The van der Waals surface area contributed by atoms with Crippen LogP contribution in [0.2, 0.25) is 0 Å². The zero-order valence-corrected chi connectivity index (χ0v) is 10.6. The highest BCUT2D eigenvalue weighted by Gasteiger charge is 2.17. The molecule has 1 N–H and O–H groups in total. The second kappa shape index (κ2) is 5.49. The molecule has 88 valence electrons. The van der Waals surface area contributed by atoms with E-state index in [4.69, 9.17) is 0 Å². The van der Waals surface area contributed by atoms with Crippen molar-refractivity contribution in [3.63, 3.8) is 0 Å². The predicted molar refractivity (Wildman–Crippen MR) is 69.8 cm³/mol. The normalized spacial score (nSPS) is 21.0. The largest absolute Gasteiger partial charge is 0.310 e. The summed E-state index contributed by atoms with van der Waals surface area (Å²) >= 11 is 0. The van der Waals surface area contributed by atoms with E-state index < -0.39 is 0 Å². The number of nitrogens with one attached hydrogen (secondary N) is 1. The van der Waals surface area contributed by atoms with Crippen LogP contribution in [0, 0.1) is 0 Å². The molecule has 16 heavy (non-hydrogen) atoms. The Morgan fingerprint density at radius 2 is 2.06 bits per heavy atom. The zero-order valence-electron chi connectivity index (χ0n) is 10.6. The van der Waals surface area contributed by atoms with Crippen molar-refractivity contribution in [2.24, 2.45) is 0 Å². The summed E-state index contributed by atoms with van der Waals surface area (Å²) in [6, 6.07) is 7.63. The first-order valence-electron chi connectivity index (χ1n) is 6.70. The molecule has 1 heteroatoms. The lowest BCUT2D eigenvalue weighted by Crippen LogP contribution is -2.27. The van der Waals surface area contributed by atoms with Gasteiger partial charge in [-0.2, -0.15) is 0 Å². The lowest BCUT2D eigenvalue weighted by atomic mass is 9.91. The van der Waals surface area contributed by atoms with Crippen LogP contribution in [0.25, 0.3) is 0 Å². The molecule has 0 bridgehead atoms. The maximum absolute atomic E-state index is 3.66. The molecule has 1 nitrogen and oxygen atoms in total. The second-order valence-corrected chi connectivity index (χ2v) is 4.74. The molecule has 0 aromatic heterocycles. The standard InChI is InChI=1S/C15H23N/c1-3-12-8-9-13(4-2)14(11-12)15-7-5-6-10-16-15/h8-9,11,15-16H,3-7,10H2,1-2H3. The maximum Gasteiger partial charge on any atom is 0.0323 e. The molecule has 0 amide bonds. The molecule has 1 aliphatic heterocycles. The van der Waals surface area contributed by atoms with E-state index in [1.807, 2.05) is 0 Å². The van der Waals surface area contributed by atoms with Crippen LogP contribution in [0.15, 0.2) is 18.2 Å². The van der Waals surface area contributed by atoms with Crippen LogP contribution in [-0.2, 0) is 12.8 Å². The van der Waals surface area contributed by atoms with E-state index in [-0.39, 0.29) is 0 Å². The first kappa shape index (κ1) is 11.7. The van der Waals surface area contributed by atoms with Gasteiger partial charge in [-0.3, -0.25) is 0 Å². The summed E-state index contributed by atoms with van der Waals surface area (Å²) in [4.78, 5) is 0. The van der Waals surface area contributed by atoms with Crippen LogP contribution < -0.4 is 5.32 Å². The van der Waals surface area contributed by atoms with Gasteiger partial charge >= 0.3 is 0 Å². The van der Waals surface area contributed by atoms with E-state index in [0.29, 0.717) is 6.04 Å². The molecule has 1 atom stereocenters. The monoisotopic (exact) mass is 217 g/mol. The summed E-state index contributed by atoms with van der Waals surface area (Å²) in [6.45, 7) is 5.68. The quantitative estimate of drug-likeness (QED) is 0.815. The minimum absolute atomic E-state index is 0.607. The first-order valence-corrected chi connectivity index (χ1v) is 6.70. The fourth-order valence-electron chi connectivity index (χ4n) is 2.63. The highest BCUT2D eigenvalue weighted by Crippen LogP contribution is 2.27. The van der Waals surface area contributed by atoms with Crippen molar-refractivity contribution in [3.8, 4) is 0 Å². The molecule has 0 saturated carbocycles. The summed E-state index contributed by atoms with van der Waals surface area (Å²) in [6.07, 6.45) is 6.31. The topological polar surface area (TPSA) is 12.0 Å². The Labute approximate surface area is 99.3 Å². The Hall–Kier alpha value is -0.820. The summed E-state index contributed by atoms with van der Waals surface area (Å²) in [5.41, 5.74) is 4.55. The van der Waals surface area contributed by atoms with Crippen molar-refractivity contribution in [1.29, 1.82) is 0 Å². The minimum Gasteiger partial charge on any atom is -0.310 e. The van der Waals surface area contributed by atoms with E-state index in [1.165, 1.54) is 36.9 Å².